The van der Waals surface area contributed by atoms with Crippen LogP contribution < -0.4 is 9.64 Å². The Balaban J connectivity index is 1.54. The third-order valence-corrected chi connectivity index (χ3v) is 5.42. The molecular weight excluding hydrogens is 316 g/mol. The number of anilines is 1. The van der Waals surface area contributed by atoms with Gasteiger partial charge in [0.1, 0.15) is 0 Å². The summed E-state index contributed by atoms with van der Waals surface area (Å²) in [5, 5.41) is 8.82. The standard InChI is InChI=1S/C18H26N6O/c1-18(2,3)15-11-23(22-21-15)14-9-12-5-6-13(10-14)24(12)17-19-8-7-16(20-17)25-4/h7-8,11-14H,5-6,9-10H2,1-4H3. The zero-order valence-electron chi connectivity index (χ0n) is 15.4. The molecule has 0 radical (unpaired) electrons. The molecule has 0 amide bonds. The number of nitrogens with zero attached hydrogens (tertiary/aromatic N) is 6. The molecule has 2 saturated heterocycles. The van der Waals surface area contributed by atoms with Gasteiger partial charge in [-0.05, 0) is 25.7 Å². The summed E-state index contributed by atoms with van der Waals surface area (Å²) in [6.45, 7) is 6.52. The quantitative estimate of drug-likeness (QED) is 0.854. The lowest BCUT2D eigenvalue weighted by Gasteiger charge is -2.38. The molecule has 4 rings (SSSR count). The molecule has 2 unspecified atom stereocenters. The first-order chi connectivity index (χ1) is 12.0. The Bertz CT molecular complexity index is 738. The van der Waals surface area contributed by atoms with Crippen LogP contribution in [0.25, 0.3) is 0 Å². The molecule has 0 spiro atoms. The molecule has 0 aromatic carbocycles. The number of piperidine rings is 1. The van der Waals surface area contributed by atoms with Crippen molar-refractivity contribution in [3.8, 4) is 5.88 Å². The van der Waals surface area contributed by atoms with Gasteiger partial charge in [0.05, 0.1) is 18.8 Å². The average molecular weight is 342 g/mol. The molecule has 7 nitrogen and oxygen atoms in total. The van der Waals surface area contributed by atoms with Crippen molar-refractivity contribution in [1.29, 1.82) is 0 Å². The Morgan fingerprint density at radius 3 is 2.44 bits per heavy atom. The van der Waals surface area contributed by atoms with Gasteiger partial charge in [-0.2, -0.15) is 4.98 Å². The van der Waals surface area contributed by atoms with Crippen LogP contribution in [0.15, 0.2) is 18.5 Å². The van der Waals surface area contributed by atoms with E-state index in [1.807, 2.05) is 0 Å². The van der Waals surface area contributed by atoms with Crippen molar-refractivity contribution in [3.05, 3.63) is 24.2 Å². The topological polar surface area (TPSA) is 69.0 Å². The van der Waals surface area contributed by atoms with Crippen LogP contribution >= 0.6 is 0 Å². The van der Waals surface area contributed by atoms with Gasteiger partial charge in [0.25, 0.3) is 0 Å². The van der Waals surface area contributed by atoms with E-state index in [1.165, 1.54) is 12.8 Å². The molecule has 2 aromatic heterocycles. The maximum absolute atomic E-state index is 5.26. The Morgan fingerprint density at radius 1 is 1.12 bits per heavy atom. The minimum absolute atomic E-state index is 0.0341. The van der Waals surface area contributed by atoms with Crippen molar-refractivity contribution in [1.82, 2.24) is 25.0 Å². The van der Waals surface area contributed by atoms with Crippen LogP contribution in [-0.4, -0.2) is 44.2 Å². The van der Waals surface area contributed by atoms with Crippen molar-refractivity contribution in [2.45, 2.75) is 70.0 Å². The number of fused-ring (bicyclic) bond motifs is 2. The first kappa shape index (κ1) is 16.3. The van der Waals surface area contributed by atoms with Gasteiger partial charge in [-0.3, -0.25) is 0 Å². The SMILES string of the molecule is COc1ccnc(N2C3CCC2CC(n2cc(C(C)(C)C)nn2)C3)n1. The zero-order valence-corrected chi connectivity index (χ0v) is 15.4. The van der Waals surface area contributed by atoms with Gasteiger partial charge in [0.15, 0.2) is 0 Å². The smallest absolute Gasteiger partial charge is 0.229 e. The fourth-order valence-electron chi connectivity index (χ4n) is 4.06. The molecular formula is C18H26N6O. The van der Waals surface area contributed by atoms with E-state index in [0.717, 1.165) is 24.5 Å². The van der Waals surface area contributed by atoms with E-state index < -0.39 is 0 Å². The number of hydrogen-bond donors (Lipinski definition) is 0. The fraction of sp³-hybridized carbons (Fsp3) is 0.667. The summed E-state index contributed by atoms with van der Waals surface area (Å²) < 4.78 is 7.34. The van der Waals surface area contributed by atoms with Gasteiger partial charge in [0.2, 0.25) is 11.8 Å². The molecule has 134 valence electrons. The first-order valence-corrected chi connectivity index (χ1v) is 9.03. The first-order valence-electron chi connectivity index (χ1n) is 9.03. The van der Waals surface area contributed by atoms with Crippen molar-refractivity contribution < 1.29 is 4.74 Å². The maximum atomic E-state index is 5.26. The van der Waals surface area contributed by atoms with Crippen LogP contribution in [0.5, 0.6) is 5.88 Å². The van der Waals surface area contributed by atoms with Gasteiger partial charge in [0, 0.05) is 36.0 Å². The second-order valence-electron chi connectivity index (χ2n) is 8.15. The van der Waals surface area contributed by atoms with Crippen molar-refractivity contribution >= 4 is 5.95 Å². The summed E-state index contributed by atoms with van der Waals surface area (Å²) in [6.07, 6.45) is 8.39. The summed E-state index contributed by atoms with van der Waals surface area (Å²) in [5.74, 6) is 1.41. The van der Waals surface area contributed by atoms with E-state index in [-0.39, 0.29) is 5.41 Å². The number of rotatable bonds is 3. The van der Waals surface area contributed by atoms with Gasteiger partial charge >= 0.3 is 0 Å². The van der Waals surface area contributed by atoms with E-state index in [2.05, 4.69) is 56.8 Å². The Hall–Kier alpha value is -2.18. The van der Waals surface area contributed by atoms with Gasteiger partial charge in [-0.15, -0.1) is 5.10 Å². The molecule has 2 atom stereocenters. The largest absolute Gasteiger partial charge is 0.481 e. The predicted octanol–water partition coefficient (Wildman–Crippen LogP) is 2.75. The van der Waals surface area contributed by atoms with Crippen LogP contribution in [0.3, 0.4) is 0 Å². The summed E-state index contributed by atoms with van der Waals surface area (Å²) in [6, 6.07) is 3.11. The number of methoxy groups -OCH3 is 1. The minimum atomic E-state index is 0.0341. The molecule has 2 bridgehead atoms. The van der Waals surface area contributed by atoms with Crippen LogP contribution in [-0.2, 0) is 5.41 Å². The van der Waals surface area contributed by atoms with Crippen molar-refractivity contribution in [2.24, 2.45) is 0 Å². The van der Waals surface area contributed by atoms with E-state index in [9.17, 15) is 0 Å². The molecule has 0 N–H and O–H groups in total. The Kier molecular flexibility index (Phi) is 3.89. The second-order valence-corrected chi connectivity index (χ2v) is 8.15. The van der Waals surface area contributed by atoms with E-state index in [4.69, 9.17) is 4.74 Å². The zero-order chi connectivity index (χ0) is 17.6. The van der Waals surface area contributed by atoms with Gasteiger partial charge in [-0.25, -0.2) is 9.67 Å². The molecule has 2 aliphatic heterocycles. The van der Waals surface area contributed by atoms with Gasteiger partial charge < -0.3 is 9.64 Å². The van der Waals surface area contributed by atoms with Crippen LogP contribution in [0.4, 0.5) is 5.95 Å². The van der Waals surface area contributed by atoms with Crippen molar-refractivity contribution in [3.63, 3.8) is 0 Å². The minimum Gasteiger partial charge on any atom is -0.481 e. The lowest BCUT2D eigenvalue weighted by atomic mass is 9.93. The highest BCUT2D eigenvalue weighted by Gasteiger charge is 2.43. The predicted molar refractivity (Wildman–Crippen MR) is 94.9 cm³/mol. The fourth-order valence-corrected chi connectivity index (χ4v) is 4.06. The Labute approximate surface area is 148 Å². The average Bonchev–Trinajstić information content (AvgIpc) is 3.18. The summed E-state index contributed by atoms with van der Waals surface area (Å²) >= 11 is 0. The van der Waals surface area contributed by atoms with E-state index in [1.54, 1.807) is 19.4 Å². The molecule has 2 aliphatic rings. The molecule has 25 heavy (non-hydrogen) atoms. The van der Waals surface area contributed by atoms with Crippen LogP contribution in [0.2, 0.25) is 0 Å². The Morgan fingerprint density at radius 2 is 1.84 bits per heavy atom. The third-order valence-electron chi connectivity index (χ3n) is 5.42. The van der Waals surface area contributed by atoms with Crippen molar-refractivity contribution in [2.75, 3.05) is 12.0 Å². The molecule has 0 saturated carbocycles. The molecule has 4 heterocycles. The maximum Gasteiger partial charge on any atom is 0.229 e. The molecule has 2 fully saturated rings. The number of hydrogen-bond acceptors (Lipinski definition) is 6. The number of ether oxygens (including phenoxy) is 1. The molecule has 0 aliphatic carbocycles. The highest BCUT2D eigenvalue weighted by Crippen LogP contribution is 2.42. The van der Waals surface area contributed by atoms with E-state index >= 15 is 0 Å². The lowest BCUT2D eigenvalue weighted by Crippen LogP contribution is -2.44. The highest BCUT2D eigenvalue weighted by molar-refractivity contribution is 5.38. The monoisotopic (exact) mass is 342 g/mol. The summed E-state index contributed by atoms with van der Waals surface area (Å²) in [7, 11) is 1.64. The second kappa shape index (κ2) is 5.97. The normalized spacial score (nSPS) is 26.1. The highest BCUT2D eigenvalue weighted by atomic mass is 16.5. The third kappa shape index (κ3) is 2.96. The van der Waals surface area contributed by atoms with E-state index in [0.29, 0.717) is 24.0 Å². The number of aromatic nitrogens is 5. The van der Waals surface area contributed by atoms with Gasteiger partial charge in [-0.1, -0.05) is 26.0 Å². The molecule has 7 heteroatoms. The molecule has 2 aromatic rings. The summed E-state index contributed by atoms with van der Waals surface area (Å²) in [5.41, 5.74) is 1.09. The van der Waals surface area contributed by atoms with Crippen LogP contribution in [0.1, 0.15) is 58.2 Å². The lowest BCUT2D eigenvalue weighted by molar-refractivity contribution is 0.306. The van der Waals surface area contributed by atoms with Crippen LogP contribution in [0, 0.1) is 0 Å². The summed E-state index contributed by atoms with van der Waals surface area (Å²) in [4.78, 5) is 11.4.